The highest BCUT2D eigenvalue weighted by atomic mass is 32.2. The number of carbonyl (C=O) groups is 1. The van der Waals surface area contributed by atoms with Gasteiger partial charge in [-0.25, -0.2) is 8.42 Å². The number of hydrogen-bond acceptors (Lipinski definition) is 5. The molecule has 0 aliphatic carbocycles. The van der Waals surface area contributed by atoms with Crippen molar-refractivity contribution in [3.63, 3.8) is 0 Å². The van der Waals surface area contributed by atoms with E-state index >= 15 is 0 Å². The highest BCUT2D eigenvalue weighted by Crippen LogP contribution is 2.08. The molecule has 0 radical (unpaired) electrons. The maximum atomic E-state index is 12.1. The van der Waals surface area contributed by atoms with E-state index in [1.807, 2.05) is 6.92 Å². The molecule has 0 bridgehead atoms. The van der Waals surface area contributed by atoms with E-state index in [-0.39, 0.29) is 42.5 Å². The van der Waals surface area contributed by atoms with Crippen LogP contribution in [0.25, 0.3) is 0 Å². The van der Waals surface area contributed by atoms with Crippen molar-refractivity contribution in [2.75, 3.05) is 31.7 Å². The third-order valence-corrected chi connectivity index (χ3v) is 5.00. The lowest BCUT2D eigenvalue weighted by molar-refractivity contribution is -0.135. The average molecular weight is 294 g/mol. The van der Waals surface area contributed by atoms with Crippen LogP contribution in [0, 0.1) is 0 Å². The number of ether oxygens (including phenoxy) is 1. The molecule has 0 saturated carbocycles. The standard InChI is InChI=1S/C12H26N2O4S/c1-5-14(10(3)9-19(16,17)6-2)12(15)7-11(8-13)18-4/h10-11H,5-9,13H2,1-4H3. The number of methoxy groups -OCH3 is 1. The van der Waals surface area contributed by atoms with Gasteiger partial charge in [0.2, 0.25) is 5.91 Å². The molecule has 19 heavy (non-hydrogen) atoms. The van der Waals surface area contributed by atoms with E-state index in [9.17, 15) is 13.2 Å². The SMILES string of the molecule is CCN(C(=O)CC(CN)OC)C(C)CS(=O)(=O)CC. The van der Waals surface area contributed by atoms with E-state index in [1.165, 1.54) is 7.11 Å². The molecule has 0 aromatic heterocycles. The second-order valence-corrected chi connectivity index (χ2v) is 6.92. The van der Waals surface area contributed by atoms with Gasteiger partial charge in [0.05, 0.1) is 18.3 Å². The quantitative estimate of drug-likeness (QED) is 0.647. The summed E-state index contributed by atoms with van der Waals surface area (Å²) < 4.78 is 28.3. The molecule has 7 heteroatoms. The fraction of sp³-hybridized carbons (Fsp3) is 0.917. The number of rotatable bonds is 9. The summed E-state index contributed by atoms with van der Waals surface area (Å²) in [5.74, 6) is -0.0470. The molecule has 0 aromatic carbocycles. The summed E-state index contributed by atoms with van der Waals surface area (Å²) in [5, 5.41) is 0. The van der Waals surface area contributed by atoms with E-state index in [1.54, 1.807) is 18.7 Å². The van der Waals surface area contributed by atoms with Gasteiger partial charge in [0.1, 0.15) is 0 Å². The highest BCUT2D eigenvalue weighted by molar-refractivity contribution is 7.91. The molecule has 0 aliphatic heterocycles. The lowest BCUT2D eigenvalue weighted by atomic mass is 10.2. The van der Waals surface area contributed by atoms with Crippen molar-refractivity contribution in [1.82, 2.24) is 4.90 Å². The maximum Gasteiger partial charge on any atom is 0.225 e. The van der Waals surface area contributed by atoms with Crippen LogP contribution < -0.4 is 5.73 Å². The van der Waals surface area contributed by atoms with Crippen LogP contribution in [-0.4, -0.2) is 63.1 Å². The number of sulfone groups is 1. The molecule has 0 fully saturated rings. The van der Waals surface area contributed by atoms with Gasteiger partial charge < -0.3 is 15.4 Å². The fourth-order valence-corrected chi connectivity index (χ4v) is 3.03. The first-order valence-corrected chi connectivity index (χ1v) is 8.36. The van der Waals surface area contributed by atoms with Gasteiger partial charge in [0, 0.05) is 32.0 Å². The summed E-state index contributed by atoms with van der Waals surface area (Å²) in [6.07, 6.45) is -0.145. The highest BCUT2D eigenvalue weighted by Gasteiger charge is 2.24. The van der Waals surface area contributed by atoms with E-state index < -0.39 is 9.84 Å². The van der Waals surface area contributed by atoms with Crippen molar-refractivity contribution in [3.8, 4) is 0 Å². The normalized spacial score (nSPS) is 15.0. The lowest BCUT2D eigenvalue weighted by Crippen LogP contribution is -2.44. The maximum absolute atomic E-state index is 12.1. The predicted octanol–water partition coefficient (Wildman–Crippen LogP) is 0.0219. The Morgan fingerprint density at radius 3 is 2.32 bits per heavy atom. The second kappa shape index (κ2) is 8.50. The smallest absolute Gasteiger partial charge is 0.225 e. The van der Waals surface area contributed by atoms with Crippen LogP contribution in [0.3, 0.4) is 0 Å². The number of nitrogens with zero attached hydrogens (tertiary/aromatic N) is 1. The molecule has 0 rings (SSSR count). The Labute approximate surface area is 116 Å². The van der Waals surface area contributed by atoms with Crippen LogP contribution in [0.15, 0.2) is 0 Å². The van der Waals surface area contributed by atoms with Crippen molar-refractivity contribution < 1.29 is 17.9 Å². The second-order valence-electron chi connectivity index (χ2n) is 4.53. The lowest BCUT2D eigenvalue weighted by Gasteiger charge is -2.29. The molecule has 0 heterocycles. The first kappa shape index (κ1) is 18.3. The molecular formula is C12H26N2O4S. The van der Waals surface area contributed by atoms with Gasteiger partial charge in [-0.15, -0.1) is 0 Å². The molecule has 2 unspecified atom stereocenters. The summed E-state index contributed by atoms with van der Waals surface area (Å²) >= 11 is 0. The van der Waals surface area contributed by atoms with Crippen LogP contribution >= 0.6 is 0 Å². The van der Waals surface area contributed by atoms with E-state index in [0.29, 0.717) is 6.54 Å². The first-order chi connectivity index (χ1) is 8.81. The van der Waals surface area contributed by atoms with E-state index in [4.69, 9.17) is 10.5 Å². The van der Waals surface area contributed by atoms with Crippen LogP contribution in [0.4, 0.5) is 0 Å². The molecule has 0 aliphatic rings. The minimum Gasteiger partial charge on any atom is -0.380 e. The topological polar surface area (TPSA) is 89.7 Å². The molecule has 0 spiro atoms. The summed E-state index contributed by atoms with van der Waals surface area (Å²) in [7, 11) is -1.59. The van der Waals surface area contributed by atoms with Gasteiger partial charge in [0.25, 0.3) is 0 Å². The van der Waals surface area contributed by atoms with Gasteiger partial charge in [-0.1, -0.05) is 6.92 Å². The summed E-state index contributed by atoms with van der Waals surface area (Å²) in [6, 6.07) is -0.335. The van der Waals surface area contributed by atoms with Gasteiger partial charge >= 0.3 is 0 Å². The molecule has 114 valence electrons. The molecule has 1 amide bonds. The summed E-state index contributed by atoms with van der Waals surface area (Å²) in [6.45, 7) is 5.92. The Morgan fingerprint density at radius 2 is 1.95 bits per heavy atom. The first-order valence-electron chi connectivity index (χ1n) is 6.53. The third kappa shape index (κ3) is 6.35. The molecule has 0 aromatic rings. The Morgan fingerprint density at radius 1 is 1.37 bits per heavy atom. The summed E-state index contributed by atoms with van der Waals surface area (Å²) in [4.78, 5) is 13.7. The van der Waals surface area contributed by atoms with Crippen molar-refractivity contribution in [2.45, 2.75) is 39.3 Å². The number of hydrogen-bond donors (Lipinski definition) is 1. The fourth-order valence-electron chi connectivity index (χ4n) is 1.88. The minimum atomic E-state index is -3.10. The number of carbonyl (C=O) groups excluding carboxylic acids is 1. The predicted molar refractivity (Wildman–Crippen MR) is 75.6 cm³/mol. The minimum absolute atomic E-state index is 0.0106. The number of nitrogens with two attached hydrogens (primary N) is 1. The van der Waals surface area contributed by atoms with Gasteiger partial charge in [-0.05, 0) is 13.8 Å². The third-order valence-electron chi connectivity index (χ3n) is 3.13. The molecular weight excluding hydrogens is 268 g/mol. The largest absolute Gasteiger partial charge is 0.380 e. The Hall–Kier alpha value is -0.660. The van der Waals surface area contributed by atoms with Gasteiger partial charge in [-0.3, -0.25) is 4.79 Å². The van der Waals surface area contributed by atoms with Crippen molar-refractivity contribution in [3.05, 3.63) is 0 Å². The van der Waals surface area contributed by atoms with Crippen LogP contribution in [-0.2, 0) is 19.4 Å². The number of amides is 1. The van der Waals surface area contributed by atoms with Crippen molar-refractivity contribution in [2.24, 2.45) is 5.73 Å². The zero-order valence-electron chi connectivity index (χ0n) is 12.3. The Bertz CT molecular complexity index is 366. The summed E-state index contributed by atoms with van der Waals surface area (Å²) in [5.41, 5.74) is 5.48. The van der Waals surface area contributed by atoms with Crippen molar-refractivity contribution >= 4 is 15.7 Å². The molecule has 2 atom stereocenters. The van der Waals surface area contributed by atoms with E-state index in [2.05, 4.69) is 0 Å². The van der Waals surface area contributed by atoms with Gasteiger partial charge in [-0.2, -0.15) is 0 Å². The van der Waals surface area contributed by atoms with E-state index in [0.717, 1.165) is 0 Å². The monoisotopic (exact) mass is 294 g/mol. The molecule has 0 saturated heterocycles. The van der Waals surface area contributed by atoms with Crippen LogP contribution in [0.2, 0.25) is 0 Å². The van der Waals surface area contributed by atoms with Gasteiger partial charge in [0.15, 0.2) is 9.84 Å². The Kier molecular flexibility index (Phi) is 8.20. The van der Waals surface area contributed by atoms with Crippen LogP contribution in [0.5, 0.6) is 0 Å². The zero-order chi connectivity index (χ0) is 15.1. The zero-order valence-corrected chi connectivity index (χ0v) is 13.1. The average Bonchev–Trinajstić information content (AvgIpc) is 2.36. The van der Waals surface area contributed by atoms with Crippen molar-refractivity contribution in [1.29, 1.82) is 0 Å². The molecule has 6 nitrogen and oxygen atoms in total. The Balaban J connectivity index is 4.68. The molecule has 2 N–H and O–H groups in total. The van der Waals surface area contributed by atoms with Crippen LogP contribution in [0.1, 0.15) is 27.2 Å².